The van der Waals surface area contributed by atoms with Gasteiger partial charge in [0.2, 0.25) is 47.3 Å². The van der Waals surface area contributed by atoms with E-state index < -0.39 is 170 Å². The summed E-state index contributed by atoms with van der Waals surface area (Å²) >= 11 is 0. The number of aliphatic hydroxyl groups excluding tert-OH is 4. The molecule has 0 aliphatic carbocycles. The van der Waals surface area contributed by atoms with Crippen LogP contribution < -0.4 is 65.5 Å². The van der Waals surface area contributed by atoms with Crippen LogP contribution >= 0.6 is 0 Å². The van der Waals surface area contributed by atoms with Crippen molar-refractivity contribution in [1.29, 1.82) is 0 Å². The van der Waals surface area contributed by atoms with Crippen LogP contribution in [-0.4, -0.2) is 185 Å². The van der Waals surface area contributed by atoms with E-state index in [1.807, 2.05) is 0 Å². The predicted molar refractivity (Wildman–Crippen MR) is 290 cm³/mol. The Morgan fingerprint density at radius 2 is 1.15 bits per heavy atom. The number of Topliss-reactive ketones (excluding diaryl/α,β-unsaturated/α-hetero) is 3. The Bertz CT molecular complexity index is 1990. The highest BCUT2D eigenvalue weighted by atomic mass is 16.3. The molecule has 20 N–H and O–H groups in total. The maximum absolute atomic E-state index is 14.4. The Morgan fingerprint density at radius 3 is 1.68 bits per heavy atom. The van der Waals surface area contributed by atoms with Crippen LogP contribution in [0.3, 0.4) is 0 Å². The largest absolute Gasteiger partial charge is 0.396 e. The first-order valence-electron chi connectivity index (χ1n) is 27.7. The first-order chi connectivity index (χ1) is 37.3. The van der Waals surface area contributed by atoms with Gasteiger partial charge in [-0.15, -0.1) is 0 Å². The molecule has 0 aromatic rings. The van der Waals surface area contributed by atoms with Gasteiger partial charge in [0, 0.05) is 44.1 Å². The third-order valence-corrected chi connectivity index (χ3v) is 13.5. The zero-order chi connectivity index (χ0) is 59.9. The van der Waals surface area contributed by atoms with Crippen LogP contribution in [0.25, 0.3) is 0 Å². The molecule has 1 aliphatic rings. The number of aliphatic hydroxyl groups is 4. The van der Waals surface area contributed by atoms with Crippen LogP contribution in [0.4, 0.5) is 0 Å². The lowest BCUT2D eigenvalue weighted by Gasteiger charge is -2.28. The molecule has 1 fully saturated rings. The van der Waals surface area contributed by atoms with Crippen LogP contribution in [0.15, 0.2) is 0 Å². The van der Waals surface area contributed by atoms with E-state index >= 15 is 0 Å². The molecule has 13 atom stereocenters. The second-order valence-electron chi connectivity index (χ2n) is 21.0. The Labute approximate surface area is 463 Å². The maximum atomic E-state index is 14.4. The summed E-state index contributed by atoms with van der Waals surface area (Å²) in [6.07, 6.45) is -2.62. The second-order valence-corrected chi connectivity index (χ2v) is 21.0. The van der Waals surface area contributed by atoms with Crippen LogP contribution in [0.2, 0.25) is 0 Å². The topological polar surface area (TPSA) is 469 Å². The van der Waals surface area contributed by atoms with E-state index in [4.69, 9.17) is 22.9 Å². The van der Waals surface area contributed by atoms with Gasteiger partial charge in [0.05, 0.1) is 36.9 Å². The zero-order valence-electron chi connectivity index (χ0n) is 47.0. The number of carbonyl (C=O) groups excluding carboxylic acids is 11. The van der Waals surface area contributed by atoms with Crippen LogP contribution in [-0.2, 0) is 52.7 Å². The molecule has 0 aromatic carbocycles. The number of unbranched alkanes of at least 4 members (excludes halogenated alkanes) is 4. The van der Waals surface area contributed by atoms with E-state index in [0.29, 0.717) is 6.42 Å². The summed E-state index contributed by atoms with van der Waals surface area (Å²) in [7, 11) is 0. The van der Waals surface area contributed by atoms with Gasteiger partial charge in [0.25, 0.3) is 0 Å². The number of carbonyl (C=O) groups is 11. The van der Waals surface area contributed by atoms with Gasteiger partial charge in [0.15, 0.2) is 11.6 Å². The average Bonchev–Trinajstić information content (AvgIpc) is 3.37. The molecule has 0 spiro atoms. The van der Waals surface area contributed by atoms with Crippen LogP contribution in [0, 0.1) is 23.7 Å². The molecule has 0 unspecified atom stereocenters. The van der Waals surface area contributed by atoms with Crippen molar-refractivity contribution in [3.05, 3.63) is 0 Å². The molecule has 0 saturated carbocycles. The maximum Gasteiger partial charge on any atom is 0.245 e. The second kappa shape index (κ2) is 38.2. The third kappa shape index (κ3) is 26.1. The van der Waals surface area contributed by atoms with Crippen molar-refractivity contribution in [3.8, 4) is 0 Å². The summed E-state index contributed by atoms with van der Waals surface area (Å²) in [4.78, 5) is 152. The number of ketones is 3. The van der Waals surface area contributed by atoms with E-state index in [-0.39, 0.29) is 82.8 Å². The molecular formula is C52H94N12O15. The molecule has 79 heavy (non-hydrogen) atoms. The van der Waals surface area contributed by atoms with Crippen molar-refractivity contribution >= 4 is 64.6 Å². The Hall–Kier alpha value is -5.55. The van der Waals surface area contributed by atoms with Crippen molar-refractivity contribution in [2.45, 2.75) is 198 Å². The SMILES string of the molecule is CCCCCCCC(=O)C[C@@H](CO)C(=O)N[C@H](C(=O)C[C@H](CCN)C(=O)N[C@H]1CCNC(=O)[C@H]([C@@H](C)O)NC(=O)[C@H](CCN)NC(=O)[C@H](CCN)NC(=O)[C@H]([C@@H](C)O)NC(=O)[C@@H](CC(C)C)CC(=O)[C@H](CCN)NC1=O)[C@@H](C)O. The number of hydrogen-bond donors (Lipinski definition) is 16. The highest BCUT2D eigenvalue weighted by Crippen LogP contribution is 2.20. The van der Waals surface area contributed by atoms with Gasteiger partial charge in [-0.25, -0.2) is 0 Å². The lowest BCUT2D eigenvalue weighted by atomic mass is 9.88. The van der Waals surface area contributed by atoms with Gasteiger partial charge in [-0.05, 0) is 97.8 Å². The molecule has 452 valence electrons. The Morgan fingerprint density at radius 1 is 0.620 bits per heavy atom. The van der Waals surface area contributed by atoms with Crippen molar-refractivity contribution in [2.24, 2.45) is 46.6 Å². The minimum Gasteiger partial charge on any atom is -0.396 e. The average molecular weight is 1130 g/mol. The van der Waals surface area contributed by atoms with Crippen molar-refractivity contribution < 1.29 is 73.2 Å². The van der Waals surface area contributed by atoms with Crippen LogP contribution in [0.5, 0.6) is 0 Å². The zero-order valence-corrected chi connectivity index (χ0v) is 47.0. The molecular weight excluding hydrogens is 1030 g/mol. The minimum absolute atomic E-state index is 0.0748. The standard InChI is InChI=1S/C52H94N12O15/c1-7-8-9-10-11-12-35(69)24-34(27-65)47(74)62-42(29(4)66)41(71)25-32(13-18-53)45(72)59-39-17-22-57-51(78)43(30(5)67)64-50(77)38(16-21-56)60-48(75)37(15-20-55)61-52(79)44(31(6)68)63-46(73)33(23-28(2)3)26-40(70)36(14-19-54)58-49(39)76/h28-34,36-39,42-44,65-68H,7-27,53-56H2,1-6H3,(H,57,78)(H,58,76)(H,59,72)(H,60,75)(H,61,79)(H,62,74)(H,63,73)(H,64,77)/t29-,30-,31-,32+,33+,34+,36+,37+,38+,39+,42+,43+,44+/m1/s1. The van der Waals surface area contributed by atoms with E-state index in [1.165, 1.54) is 20.8 Å². The van der Waals surface area contributed by atoms with E-state index in [0.717, 1.165) is 25.7 Å². The molecule has 1 rings (SSSR count). The van der Waals surface area contributed by atoms with Gasteiger partial charge in [-0.2, -0.15) is 0 Å². The van der Waals surface area contributed by atoms with Gasteiger partial charge in [0.1, 0.15) is 42.0 Å². The van der Waals surface area contributed by atoms with E-state index in [1.54, 1.807) is 13.8 Å². The lowest BCUT2D eigenvalue weighted by Crippen LogP contribution is -2.61. The highest BCUT2D eigenvalue weighted by molar-refractivity contribution is 5.99. The number of nitrogens with two attached hydrogens (primary N) is 4. The summed E-state index contributed by atoms with van der Waals surface area (Å²) in [5.41, 5.74) is 23.3. The van der Waals surface area contributed by atoms with E-state index in [2.05, 4.69) is 49.5 Å². The van der Waals surface area contributed by atoms with Gasteiger partial charge >= 0.3 is 0 Å². The molecule has 1 heterocycles. The fourth-order valence-electron chi connectivity index (χ4n) is 8.92. The van der Waals surface area contributed by atoms with Crippen LogP contribution in [0.1, 0.15) is 138 Å². The summed E-state index contributed by atoms with van der Waals surface area (Å²) in [6.45, 7) is 7.37. The van der Waals surface area contributed by atoms with Gasteiger partial charge < -0.3 is 85.9 Å². The van der Waals surface area contributed by atoms with Gasteiger partial charge in [-0.3, -0.25) is 52.7 Å². The summed E-state index contributed by atoms with van der Waals surface area (Å²) in [5, 5.41) is 62.0. The third-order valence-electron chi connectivity index (χ3n) is 13.5. The van der Waals surface area contributed by atoms with Gasteiger partial charge in [-0.1, -0.05) is 46.5 Å². The summed E-state index contributed by atoms with van der Waals surface area (Å²) < 4.78 is 0. The Kier molecular flexibility index (Phi) is 34.5. The molecule has 1 aliphatic heterocycles. The van der Waals surface area contributed by atoms with Crippen molar-refractivity contribution in [1.82, 2.24) is 42.5 Å². The quantitative estimate of drug-likeness (QED) is 0.0314. The number of nitrogens with one attached hydrogen (secondary N) is 8. The fraction of sp³-hybridized carbons (Fsp3) is 0.788. The smallest absolute Gasteiger partial charge is 0.245 e. The minimum atomic E-state index is -1.69. The molecule has 0 bridgehead atoms. The molecule has 8 amide bonds. The first-order valence-corrected chi connectivity index (χ1v) is 27.7. The first kappa shape index (κ1) is 71.5. The fourth-order valence-corrected chi connectivity index (χ4v) is 8.92. The Balaban J connectivity index is 3.79. The highest BCUT2D eigenvalue weighted by Gasteiger charge is 2.38. The molecule has 0 aromatic heterocycles. The number of hydrogen-bond acceptors (Lipinski definition) is 19. The molecule has 27 heteroatoms. The molecule has 1 saturated heterocycles. The number of rotatable bonds is 29. The van der Waals surface area contributed by atoms with Crippen molar-refractivity contribution in [3.63, 3.8) is 0 Å². The summed E-state index contributed by atoms with van der Waals surface area (Å²) in [6, 6.07) is -10.9. The number of amides is 8. The molecule has 27 nitrogen and oxygen atoms in total. The molecule has 0 radical (unpaired) electrons. The van der Waals surface area contributed by atoms with E-state index in [9.17, 15) is 73.2 Å². The normalized spacial score (nSPS) is 24.0. The van der Waals surface area contributed by atoms with Crippen molar-refractivity contribution in [2.75, 3.05) is 39.3 Å². The predicted octanol–water partition coefficient (Wildman–Crippen LogP) is -4.44. The lowest BCUT2D eigenvalue weighted by molar-refractivity contribution is -0.138. The monoisotopic (exact) mass is 1130 g/mol. The summed E-state index contributed by atoms with van der Waals surface area (Å²) in [5.74, 6) is -13.3.